The van der Waals surface area contributed by atoms with Crippen molar-refractivity contribution in [3.8, 4) is 0 Å². The van der Waals surface area contributed by atoms with Gasteiger partial charge < -0.3 is 15.8 Å². The second kappa shape index (κ2) is 5.79. The molecule has 0 aliphatic heterocycles. The zero-order valence-corrected chi connectivity index (χ0v) is 10.7. The molecular weight excluding hydrogens is 260 g/mol. The van der Waals surface area contributed by atoms with Gasteiger partial charge >= 0.3 is 5.97 Å². The van der Waals surface area contributed by atoms with Crippen molar-refractivity contribution < 1.29 is 14.3 Å². The van der Waals surface area contributed by atoms with E-state index in [1.807, 2.05) is 0 Å². The number of hydrogen-bond donors (Lipinski definition) is 2. The Morgan fingerprint density at radius 3 is 2.65 bits per heavy atom. The number of benzene rings is 1. The lowest BCUT2D eigenvalue weighted by molar-refractivity contribution is 0.0593. The SMILES string of the molecule is COC(=O)c1cnc(Nc2cccc(C(N)=O)c2)cn1. The van der Waals surface area contributed by atoms with Gasteiger partial charge in [0, 0.05) is 11.3 Å². The van der Waals surface area contributed by atoms with Gasteiger partial charge in [-0.15, -0.1) is 0 Å². The predicted octanol–water partition coefficient (Wildman–Crippen LogP) is 1.11. The number of carbonyl (C=O) groups is 2. The zero-order valence-electron chi connectivity index (χ0n) is 10.7. The van der Waals surface area contributed by atoms with Gasteiger partial charge in [0.2, 0.25) is 5.91 Å². The first kappa shape index (κ1) is 13.5. The molecule has 0 aliphatic rings. The Labute approximate surface area is 114 Å². The number of aromatic nitrogens is 2. The summed E-state index contributed by atoms with van der Waals surface area (Å²) in [5.41, 5.74) is 6.34. The molecule has 7 nitrogen and oxygen atoms in total. The molecule has 2 aromatic rings. The summed E-state index contributed by atoms with van der Waals surface area (Å²) in [6.07, 6.45) is 2.69. The summed E-state index contributed by atoms with van der Waals surface area (Å²) >= 11 is 0. The number of esters is 1. The first-order valence-electron chi connectivity index (χ1n) is 5.67. The topological polar surface area (TPSA) is 107 Å². The van der Waals surface area contributed by atoms with Crippen LogP contribution in [-0.2, 0) is 4.74 Å². The number of carbonyl (C=O) groups excluding carboxylic acids is 2. The van der Waals surface area contributed by atoms with E-state index in [2.05, 4.69) is 20.0 Å². The van der Waals surface area contributed by atoms with Crippen LogP contribution in [0.15, 0.2) is 36.7 Å². The Bertz CT molecular complexity index is 640. The predicted molar refractivity (Wildman–Crippen MR) is 71.6 cm³/mol. The quantitative estimate of drug-likeness (QED) is 0.807. The fourth-order valence-electron chi connectivity index (χ4n) is 1.50. The van der Waals surface area contributed by atoms with Crippen LogP contribution in [0.3, 0.4) is 0 Å². The molecule has 0 spiro atoms. The molecule has 0 fully saturated rings. The highest BCUT2D eigenvalue weighted by Crippen LogP contribution is 2.15. The Balaban J connectivity index is 2.16. The van der Waals surface area contributed by atoms with E-state index >= 15 is 0 Å². The molecule has 1 aromatic heterocycles. The van der Waals surface area contributed by atoms with Gasteiger partial charge in [-0.25, -0.2) is 14.8 Å². The molecule has 0 saturated carbocycles. The number of nitrogens with two attached hydrogens (primary N) is 1. The maximum atomic E-state index is 11.2. The Kier molecular flexibility index (Phi) is 3.90. The number of methoxy groups -OCH3 is 1. The van der Waals surface area contributed by atoms with Gasteiger partial charge in [-0.05, 0) is 18.2 Å². The largest absolute Gasteiger partial charge is 0.464 e. The van der Waals surface area contributed by atoms with Crippen molar-refractivity contribution in [1.82, 2.24) is 9.97 Å². The molecule has 7 heteroatoms. The smallest absolute Gasteiger partial charge is 0.358 e. The molecule has 1 amide bonds. The first-order valence-corrected chi connectivity index (χ1v) is 5.67. The van der Waals surface area contributed by atoms with E-state index in [4.69, 9.17) is 5.73 Å². The van der Waals surface area contributed by atoms with Gasteiger partial charge in [-0.1, -0.05) is 6.07 Å². The highest BCUT2D eigenvalue weighted by Gasteiger charge is 2.07. The number of hydrogen-bond acceptors (Lipinski definition) is 6. The van der Waals surface area contributed by atoms with Crippen LogP contribution >= 0.6 is 0 Å². The number of nitrogens with zero attached hydrogens (tertiary/aromatic N) is 2. The molecular formula is C13H12N4O3. The van der Waals surface area contributed by atoms with Crippen molar-refractivity contribution in [2.45, 2.75) is 0 Å². The van der Waals surface area contributed by atoms with Gasteiger partial charge in [0.1, 0.15) is 5.82 Å². The summed E-state index contributed by atoms with van der Waals surface area (Å²) in [7, 11) is 1.27. The van der Waals surface area contributed by atoms with Crippen molar-refractivity contribution >= 4 is 23.4 Å². The summed E-state index contributed by atoms with van der Waals surface area (Å²) < 4.78 is 4.52. The van der Waals surface area contributed by atoms with Gasteiger partial charge in [0.15, 0.2) is 5.69 Å². The van der Waals surface area contributed by atoms with Crippen molar-refractivity contribution in [2.75, 3.05) is 12.4 Å². The summed E-state index contributed by atoms with van der Waals surface area (Å²) in [6.45, 7) is 0. The van der Waals surface area contributed by atoms with Crippen LogP contribution < -0.4 is 11.1 Å². The number of anilines is 2. The maximum Gasteiger partial charge on any atom is 0.358 e. The van der Waals surface area contributed by atoms with Crippen LogP contribution in [-0.4, -0.2) is 29.0 Å². The maximum absolute atomic E-state index is 11.2. The highest BCUT2D eigenvalue weighted by molar-refractivity contribution is 5.93. The molecule has 102 valence electrons. The number of nitrogens with one attached hydrogen (secondary N) is 1. The van der Waals surface area contributed by atoms with Crippen molar-refractivity contribution in [2.24, 2.45) is 5.73 Å². The van der Waals surface area contributed by atoms with Crippen LogP contribution in [0.2, 0.25) is 0 Å². The monoisotopic (exact) mass is 272 g/mol. The van der Waals surface area contributed by atoms with E-state index in [1.165, 1.54) is 19.5 Å². The molecule has 1 heterocycles. The second-order valence-corrected chi connectivity index (χ2v) is 3.85. The Morgan fingerprint density at radius 1 is 1.25 bits per heavy atom. The highest BCUT2D eigenvalue weighted by atomic mass is 16.5. The van der Waals surface area contributed by atoms with E-state index in [9.17, 15) is 9.59 Å². The van der Waals surface area contributed by atoms with Crippen molar-refractivity contribution in [3.63, 3.8) is 0 Å². The minimum absolute atomic E-state index is 0.115. The van der Waals surface area contributed by atoms with E-state index in [0.717, 1.165) is 0 Å². The molecule has 0 radical (unpaired) electrons. The molecule has 20 heavy (non-hydrogen) atoms. The molecule has 0 bridgehead atoms. The second-order valence-electron chi connectivity index (χ2n) is 3.85. The van der Waals surface area contributed by atoms with Crippen LogP contribution in [0.25, 0.3) is 0 Å². The van der Waals surface area contributed by atoms with E-state index in [0.29, 0.717) is 17.1 Å². The van der Waals surface area contributed by atoms with Crippen LogP contribution in [0.5, 0.6) is 0 Å². The van der Waals surface area contributed by atoms with Crippen LogP contribution in [0.1, 0.15) is 20.8 Å². The molecule has 0 atom stereocenters. The van der Waals surface area contributed by atoms with Gasteiger partial charge in [-0.2, -0.15) is 0 Å². The lowest BCUT2D eigenvalue weighted by Gasteiger charge is -2.06. The average Bonchev–Trinajstić information content (AvgIpc) is 2.47. The van der Waals surface area contributed by atoms with E-state index in [1.54, 1.807) is 24.3 Å². The molecule has 0 aliphatic carbocycles. The fraction of sp³-hybridized carbons (Fsp3) is 0.0769. The van der Waals surface area contributed by atoms with Crippen LogP contribution in [0.4, 0.5) is 11.5 Å². The Hall–Kier alpha value is -2.96. The van der Waals surface area contributed by atoms with Gasteiger partial charge in [0.25, 0.3) is 0 Å². The fourth-order valence-corrected chi connectivity index (χ4v) is 1.50. The standard InChI is InChI=1S/C13H12N4O3/c1-20-13(19)10-6-16-11(7-15-10)17-9-4-2-3-8(5-9)12(14)18/h2-7H,1H3,(H2,14,18)(H,16,17). The minimum atomic E-state index is -0.556. The molecule has 0 saturated heterocycles. The number of ether oxygens (including phenoxy) is 1. The molecule has 2 rings (SSSR count). The lowest BCUT2D eigenvalue weighted by Crippen LogP contribution is -2.11. The van der Waals surface area contributed by atoms with Gasteiger partial charge in [-0.3, -0.25) is 4.79 Å². The summed E-state index contributed by atoms with van der Waals surface area (Å²) in [5.74, 6) is -0.639. The molecule has 1 aromatic carbocycles. The zero-order chi connectivity index (χ0) is 14.5. The lowest BCUT2D eigenvalue weighted by atomic mass is 10.2. The average molecular weight is 272 g/mol. The normalized spacial score (nSPS) is 9.85. The van der Waals surface area contributed by atoms with Crippen molar-refractivity contribution in [1.29, 1.82) is 0 Å². The Morgan fingerprint density at radius 2 is 2.05 bits per heavy atom. The van der Waals surface area contributed by atoms with Crippen molar-refractivity contribution in [3.05, 3.63) is 47.9 Å². The van der Waals surface area contributed by atoms with Crippen LogP contribution in [0, 0.1) is 0 Å². The van der Waals surface area contributed by atoms with Gasteiger partial charge in [0.05, 0.1) is 19.5 Å². The summed E-state index contributed by atoms with van der Waals surface area (Å²) in [6, 6.07) is 6.65. The third-order valence-corrected chi connectivity index (χ3v) is 2.47. The third kappa shape index (κ3) is 3.08. The number of amides is 1. The summed E-state index contributed by atoms with van der Waals surface area (Å²) in [4.78, 5) is 30.2. The first-order chi connectivity index (χ1) is 9.60. The number of rotatable bonds is 4. The minimum Gasteiger partial charge on any atom is -0.464 e. The van der Waals surface area contributed by atoms with E-state index < -0.39 is 11.9 Å². The number of primary amides is 1. The third-order valence-electron chi connectivity index (χ3n) is 2.47. The molecule has 0 unspecified atom stereocenters. The summed E-state index contributed by atoms with van der Waals surface area (Å²) in [5, 5.41) is 2.95. The molecule has 3 N–H and O–H groups in total. The van der Waals surface area contributed by atoms with E-state index in [-0.39, 0.29) is 5.69 Å².